The predicted octanol–water partition coefficient (Wildman–Crippen LogP) is 2.15. The minimum atomic E-state index is 0.0840. The predicted molar refractivity (Wildman–Crippen MR) is 114 cm³/mol. The molecule has 0 aromatic carbocycles. The molecule has 3 aromatic heterocycles. The van der Waals surface area contributed by atoms with E-state index < -0.39 is 0 Å². The van der Waals surface area contributed by atoms with E-state index in [2.05, 4.69) is 36.9 Å². The Hall–Kier alpha value is -2.85. The Kier molecular flexibility index (Phi) is 6.65. The van der Waals surface area contributed by atoms with Crippen LogP contribution < -0.4 is 4.90 Å². The first-order valence-electron chi connectivity index (χ1n) is 10.1. The highest BCUT2D eigenvalue weighted by Gasteiger charge is 2.23. The SMILES string of the molecule is CCCN(Cc1nnc(-c2cccs2)o1)C(=O)CN1CCN(c2cnccn2)CC1. The van der Waals surface area contributed by atoms with E-state index in [9.17, 15) is 4.79 Å². The lowest BCUT2D eigenvalue weighted by molar-refractivity contribution is -0.133. The maximum atomic E-state index is 13.0. The Bertz CT molecular complexity index is 924. The molecule has 0 saturated carbocycles. The molecule has 1 aliphatic heterocycles. The number of carbonyl (C=O) groups is 1. The molecule has 0 radical (unpaired) electrons. The summed E-state index contributed by atoms with van der Waals surface area (Å²) in [7, 11) is 0. The van der Waals surface area contributed by atoms with Crippen molar-refractivity contribution in [2.45, 2.75) is 19.9 Å². The molecule has 0 unspecified atom stereocenters. The van der Waals surface area contributed by atoms with Gasteiger partial charge in [-0.1, -0.05) is 13.0 Å². The fraction of sp³-hybridized carbons (Fsp3) is 0.450. The summed E-state index contributed by atoms with van der Waals surface area (Å²) in [5.41, 5.74) is 0. The fourth-order valence-corrected chi connectivity index (χ4v) is 4.07. The minimum Gasteiger partial charge on any atom is -0.418 e. The van der Waals surface area contributed by atoms with E-state index in [1.807, 2.05) is 17.5 Å². The van der Waals surface area contributed by atoms with Crippen LogP contribution in [-0.4, -0.2) is 75.1 Å². The van der Waals surface area contributed by atoms with Gasteiger partial charge in [0, 0.05) is 45.1 Å². The molecule has 4 heterocycles. The quantitative estimate of drug-likeness (QED) is 0.540. The monoisotopic (exact) mass is 427 g/mol. The molecule has 4 rings (SSSR count). The molecule has 158 valence electrons. The van der Waals surface area contributed by atoms with Crippen LogP contribution in [0, 0.1) is 0 Å². The van der Waals surface area contributed by atoms with E-state index in [1.54, 1.807) is 34.8 Å². The summed E-state index contributed by atoms with van der Waals surface area (Å²) in [6, 6.07) is 3.89. The van der Waals surface area contributed by atoms with Gasteiger partial charge in [0.2, 0.25) is 11.8 Å². The van der Waals surface area contributed by atoms with Gasteiger partial charge in [-0.25, -0.2) is 4.98 Å². The van der Waals surface area contributed by atoms with Crippen LogP contribution in [-0.2, 0) is 11.3 Å². The van der Waals surface area contributed by atoms with Crippen LogP contribution in [0.3, 0.4) is 0 Å². The number of aromatic nitrogens is 4. The van der Waals surface area contributed by atoms with Crippen molar-refractivity contribution in [3.8, 4) is 10.8 Å². The van der Waals surface area contributed by atoms with Gasteiger partial charge in [0.15, 0.2) is 0 Å². The van der Waals surface area contributed by atoms with Gasteiger partial charge in [0.25, 0.3) is 5.89 Å². The zero-order valence-corrected chi connectivity index (χ0v) is 17.8. The lowest BCUT2D eigenvalue weighted by Gasteiger charge is -2.35. The third-order valence-electron chi connectivity index (χ3n) is 4.98. The van der Waals surface area contributed by atoms with Gasteiger partial charge in [-0.3, -0.25) is 14.7 Å². The van der Waals surface area contributed by atoms with Crippen LogP contribution in [0.1, 0.15) is 19.2 Å². The number of nitrogens with zero attached hydrogens (tertiary/aromatic N) is 7. The molecule has 3 aromatic rings. The van der Waals surface area contributed by atoms with Crippen molar-refractivity contribution in [3.63, 3.8) is 0 Å². The molecule has 9 nitrogen and oxygen atoms in total. The van der Waals surface area contributed by atoms with Crippen molar-refractivity contribution >= 4 is 23.1 Å². The van der Waals surface area contributed by atoms with Gasteiger partial charge in [0.1, 0.15) is 5.82 Å². The molecule has 1 saturated heterocycles. The zero-order chi connectivity index (χ0) is 20.8. The van der Waals surface area contributed by atoms with E-state index in [1.165, 1.54) is 0 Å². The second kappa shape index (κ2) is 9.77. The Morgan fingerprint density at radius 1 is 1.23 bits per heavy atom. The largest absolute Gasteiger partial charge is 0.418 e. The summed E-state index contributed by atoms with van der Waals surface area (Å²) < 4.78 is 5.77. The number of anilines is 1. The molecular weight excluding hydrogens is 402 g/mol. The molecule has 30 heavy (non-hydrogen) atoms. The molecule has 0 atom stereocenters. The van der Waals surface area contributed by atoms with Gasteiger partial charge < -0.3 is 14.2 Å². The molecule has 1 amide bonds. The second-order valence-electron chi connectivity index (χ2n) is 7.12. The van der Waals surface area contributed by atoms with Crippen molar-refractivity contribution in [2.24, 2.45) is 0 Å². The number of hydrogen-bond acceptors (Lipinski definition) is 9. The molecule has 0 spiro atoms. The number of thiophene rings is 1. The van der Waals surface area contributed by atoms with Gasteiger partial charge in [0.05, 0.1) is 24.2 Å². The van der Waals surface area contributed by atoms with Gasteiger partial charge in [-0.05, 0) is 17.9 Å². The summed E-state index contributed by atoms with van der Waals surface area (Å²) in [4.78, 5) is 28.6. The maximum absolute atomic E-state index is 13.0. The van der Waals surface area contributed by atoms with E-state index in [-0.39, 0.29) is 5.91 Å². The smallest absolute Gasteiger partial charge is 0.257 e. The molecule has 0 aliphatic carbocycles. The number of piperazine rings is 1. The number of hydrogen-bond donors (Lipinski definition) is 0. The highest BCUT2D eigenvalue weighted by Crippen LogP contribution is 2.23. The van der Waals surface area contributed by atoms with Crippen molar-refractivity contribution in [1.82, 2.24) is 30.0 Å². The van der Waals surface area contributed by atoms with Crippen LogP contribution in [0.15, 0.2) is 40.5 Å². The third-order valence-corrected chi connectivity index (χ3v) is 5.83. The molecule has 1 fully saturated rings. The zero-order valence-electron chi connectivity index (χ0n) is 17.0. The number of carbonyl (C=O) groups excluding carboxylic acids is 1. The third kappa shape index (κ3) is 5.00. The molecule has 1 aliphatic rings. The highest BCUT2D eigenvalue weighted by atomic mass is 32.1. The normalized spacial score (nSPS) is 14.8. The highest BCUT2D eigenvalue weighted by molar-refractivity contribution is 7.13. The van der Waals surface area contributed by atoms with Crippen LogP contribution >= 0.6 is 11.3 Å². The second-order valence-corrected chi connectivity index (χ2v) is 8.07. The maximum Gasteiger partial charge on any atom is 0.257 e. The summed E-state index contributed by atoms with van der Waals surface area (Å²) >= 11 is 1.55. The van der Waals surface area contributed by atoms with Gasteiger partial charge >= 0.3 is 0 Å². The van der Waals surface area contributed by atoms with Crippen molar-refractivity contribution in [2.75, 3.05) is 44.2 Å². The van der Waals surface area contributed by atoms with Gasteiger partial charge in [-0.2, -0.15) is 0 Å². The minimum absolute atomic E-state index is 0.0840. The van der Waals surface area contributed by atoms with Gasteiger partial charge in [-0.15, -0.1) is 21.5 Å². The van der Waals surface area contributed by atoms with E-state index >= 15 is 0 Å². The summed E-state index contributed by atoms with van der Waals surface area (Å²) in [6.07, 6.45) is 6.03. The van der Waals surface area contributed by atoms with Crippen LogP contribution in [0.5, 0.6) is 0 Å². The fourth-order valence-electron chi connectivity index (χ4n) is 3.42. The van der Waals surface area contributed by atoms with Crippen LogP contribution in [0.2, 0.25) is 0 Å². The summed E-state index contributed by atoms with van der Waals surface area (Å²) in [5, 5.41) is 10.2. The first-order valence-corrected chi connectivity index (χ1v) is 11.0. The standard InChI is InChI=1S/C20H25N7O2S/c1-2-7-27(14-18-23-24-20(29-18)16-4-3-12-30-16)19(28)15-25-8-10-26(11-9-25)17-13-21-5-6-22-17/h3-6,12-13H,2,7-11,14-15H2,1H3. The molecule has 0 N–H and O–H groups in total. The Morgan fingerprint density at radius 3 is 2.80 bits per heavy atom. The van der Waals surface area contributed by atoms with Crippen molar-refractivity contribution < 1.29 is 9.21 Å². The molecule has 10 heteroatoms. The number of amides is 1. The van der Waals surface area contributed by atoms with E-state index in [0.717, 1.165) is 43.3 Å². The first-order chi connectivity index (χ1) is 14.7. The first kappa shape index (κ1) is 20.4. The summed E-state index contributed by atoms with van der Waals surface area (Å²) in [5.74, 6) is 1.94. The molecule has 0 bridgehead atoms. The van der Waals surface area contributed by atoms with E-state index in [0.29, 0.717) is 31.4 Å². The Balaban J connectivity index is 1.31. The average Bonchev–Trinajstić information content (AvgIpc) is 3.47. The molecular formula is C20H25N7O2S. The average molecular weight is 428 g/mol. The van der Waals surface area contributed by atoms with Crippen LogP contribution in [0.25, 0.3) is 10.8 Å². The summed E-state index contributed by atoms with van der Waals surface area (Å²) in [6.45, 7) is 6.72. The van der Waals surface area contributed by atoms with Crippen molar-refractivity contribution in [1.29, 1.82) is 0 Å². The van der Waals surface area contributed by atoms with E-state index in [4.69, 9.17) is 4.42 Å². The lowest BCUT2D eigenvalue weighted by atomic mass is 10.3. The Morgan fingerprint density at radius 2 is 2.10 bits per heavy atom. The van der Waals surface area contributed by atoms with Crippen molar-refractivity contribution in [3.05, 3.63) is 42.0 Å². The topological polar surface area (TPSA) is 91.5 Å². The Labute approximate surface area is 179 Å². The number of rotatable bonds is 8. The lowest BCUT2D eigenvalue weighted by Crippen LogP contribution is -2.50. The van der Waals surface area contributed by atoms with Crippen LogP contribution in [0.4, 0.5) is 5.82 Å².